The second kappa shape index (κ2) is 18.3. The van der Waals surface area contributed by atoms with Crippen LogP contribution in [0.2, 0.25) is 10.0 Å². The van der Waals surface area contributed by atoms with Crippen LogP contribution < -0.4 is 9.47 Å². The van der Waals surface area contributed by atoms with E-state index in [9.17, 15) is 9.59 Å². The zero-order valence-corrected chi connectivity index (χ0v) is 37.6. The van der Waals surface area contributed by atoms with Crippen molar-refractivity contribution < 1.29 is 28.5 Å². The maximum atomic E-state index is 12.9. The molecule has 4 saturated carbocycles. The molecule has 0 bridgehead atoms. The number of allylic oxidation sites excluding steroid dienone is 1. The molecule has 0 spiro atoms. The monoisotopic (exact) mass is 822 g/mol. The van der Waals surface area contributed by atoms with Gasteiger partial charge in [-0.1, -0.05) is 83.2 Å². The SMILES string of the molecule is COC(=O)c1cc(C(=CCCC2CC[C@@]3(C)C(CC[C@H]4[C@@H]5CC[C@H]([C@H](C)CCCC(C)C)[C@@]5(C)CC[C@@H]43)C2)c2cc(Cl)c(OC)c(C(=O)OC)c2)cc(Cl)c1OC. The number of hydrogen-bond acceptors (Lipinski definition) is 6. The molecule has 4 aliphatic rings. The summed E-state index contributed by atoms with van der Waals surface area (Å²) in [5.41, 5.74) is 3.59. The van der Waals surface area contributed by atoms with E-state index in [1.54, 1.807) is 24.3 Å². The third-order valence-electron chi connectivity index (χ3n) is 15.8. The maximum Gasteiger partial charge on any atom is 0.341 e. The van der Waals surface area contributed by atoms with Crippen molar-refractivity contribution in [3.63, 3.8) is 0 Å². The fraction of sp³-hybridized carbons (Fsp3) is 0.673. The summed E-state index contributed by atoms with van der Waals surface area (Å²) in [6.07, 6.45) is 20.7. The van der Waals surface area contributed by atoms with E-state index in [0.29, 0.717) is 27.9 Å². The first kappa shape index (κ1) is 43.9. The minimum absolute atomic E-state index is 0.218. The molecule has 0 aliphatic heterocycles. The number of carbonyl (C=O) groups excluding carboxylic acids is 2. The summed E-state index contributed by atoms with van der Waals surface area (Å²) >= 11 is 13.5. The van der Waals surface area contributed by atoms with E-state index in [0.717, 1.165) is 59.8 Å². The van der Waals surface area contributed by atoms with Gasteiger partial charge in [-0.2, -0.15) is 0 Å². The summed E-state index contributed by atoms with van der Waals surface area (Å²) < 4.78 is 21.2. The summed E-state index contributed by atoms with van der Waals surface area (Å²) in [7, 11) is 5.62. The Labute approximate surface area is 353 Å². The summed E-state index contributed by atoms with van der Waals surface area (Å²) in [5, 5.41) is 0.562. The first-order chi connectivity index (χ1) is 27.2. The zero-order chi connectivity index (χ0) is 41.2. The smallest absolute Gasteiger partial charge is 0.341 e. The third kappa shape index (κ3) is 8.66. The molecule has 0 saturated heterocycles. The Morgan fingerprint density at radius 3 is 1.89 bits per heavy atom. The molecule has 0 N–H and O–H groups in total. The van der Waals surface area contributed by atoms with Crippen molar-refractivity contribution in [2.75, 3.05) is 28.4 Å². The molecule has 2 unspecified atom stereocenters. The number of methoxy groups -OCH3 is 4. The second-order valence-corrected chi connectivity index (χ2v) is 19.9. The van der Waals surface area contributed by atoms with Gasteiger partial charge in [0.1, 0.15) is 11.1 Å². The Balaban J connectivity index is 1.20. The van der Waals surface area contributed by atoms with Crippen molar-refractivity contribution in [1.82, 2.24) is 0 Å². The number of fused-ring (bicyclic) bond motifs is 5. The van der Waals surface area contributed by atoms with Gasteiger partial charge in [0.15, 0.2) is 11.5 Å². The number of rotatable bonds is 14. The number of benzene rings is 2. The van der Waals surface area contributed by atoms with Gasteiger partial charge in [0.25, 0.3) is 0 Å². The van der Waals surface area contributed by atoms with Crippen LogP contribution in [-0.4, -0.2) is 40.4 Å². The first-order valence-electron chi connectivity index (χ1n) is 21.8. The van der Waals surface area contributed by atoms with Crippen molar-refractivity contribution in [2.24, 2.45) is 58.2 Å². The Bertz CT molecular complexity index is 1730. The molecule has 0 heterocycles. The largest absolute Gasteiger partial charge is 0.494 e. The topological polar surface area (TPSA) is 71.1 Å². The average Bonchev–Trinajstić information content (AvgIpc) is 3.55. The van der Waals surface area contributed by atoms with Gasteiger partial charge in [-0.3, -0.25) is 0 Å². The molecule has 314 valence electrons. The molecule has 8 heteroatoms. The van der Waals surface area contributed by atoms with E-state index in [1.165, 1.54) is 105 Å². The molecule has 6 rings (SSSR count). The van der Waals surface area contributed by atoms with E-state index in [4.69, 9.17) is 42.1 Å². The van der Waals surface area contributed by atoms with Gasteiger partial charge in [-0.15, -0.1) is 0 Å². The molecule has 0 radical (unpaired) electrons. The summed E-state index contributed by atoms with van der Waals surface area (Å²) in [5.74, 6) is 6.03. The van der Waals surface area contributed by atoms with E-state index in [2.05, 4.69) is 40.7 Å². The van der Waals surface area contributed by atoms with Gasteiger partial charge >= 0.3 is 11.9 Å². The van der Waals surface area contributed by atoms with Crippen molar-refractivity contribution in [3.05, 3.63) is 62.6 Å². The number of esters is 2. The van der Waals surface area contributed by atoms with Gasteiger partial charge in [0, 0.05) is 0 Å². The van der Waals surface area contributed by atoms with Crippen LogP contribution >= 0.6 is 23.2 Å². The Kier molecular flexibility index (Phi) is 14.1. The molecular formula is C49H68Cl2O6. The predicted octanol–water partition coefficient (Wildman–Crippen LogP) is 13.5. The number of ether oxygens (including phenoxy) is 4. The number of hydrogen-bond donors (Lipinski definition) is 0. The van der Waals surface area contributed by atoms with Crippen molar-refractivity contribution in [2.45, 2.75) is 125 Å². The quantitative estimate of drug-likeness (QED) is 0.177. The van der Waals surface area contributed by atoms with E-state index in [-0.39, 0.29) is 32.7 Å². The van der Waals surface area contributed by atoms with E-state index >= 15 is 0 Å². The average molecular weight is 824 g/mol. The Hall–Kier alpha value is -2.70. The maximum absolute atomic E-state index is 12.9. The van der Waals surface area contributed by atoms with Crippen molar-refractivity contribution in [3.8, 4) is 11.5 Å². The Morgan fingerprint density at radius 2 is 1.33 bits per heavy atom. The van der Waals surface area contributed by atoms with Gasteiger partial charge < -0.3 is 18.9 Å². The normalized spacial score (nSPS) is 29.8. The number of carbonyl (C=O) groups is 2. The van der Waals surface area contributed by atoms with Crippen LogP contribution in [0.1, 0.15) is 156 Å². The second-order valence-electron chi connectivity index (χ2n) is 19.1. The molecule has 0 amide bonds. The molecule has 0 aromatic heterocycles. The van der Waals surface area contributed by atoms with Crippen LogP contribution in [0.4, 0.5) is 0 Å². The molecule has 9 atom stereocenters. The van der Waals surface area contributed by atoms with Gasteiger partial charge in [-0.05, 0) is 170 Å². The first-order valence-corrected chi connectivity index (χ1v) is 22.6. The Morgan fingerprint density at radius 1 is 0.754 bits per heavy atom. The molecule has 4 fully saturated rings. The minimum atomic E-state index is -0.556. The lowest BCUT2D eigenvalue weighted by Gasteiger charge is -2.61. The fourth-order valence-corrected chi connectivity index (χ4v) is 13.5. The molecule has 6 nitrogen and oxygen atoms in total. The number of halogens is 2. The highest BCUT2D eigenvalue weighted by Crippen LogP contribution is 2.69. The van der Waals surface area contributed by atoms with E-state index in [1.807, 2.05) is 0 Å². The fourth-order valence-electron chi connectivity index (χ4n) is 12.9. The van der Waals surface area contributed by atoms with Gasteiger partial charge in [0.2, 0.25) is 0 Å². The van der Waals surface area contributed by atoms with Crippen molar-refractivity contribution in [1.29, 1.82) is 0 Å². The summed E-state index contributed by atoms with van der Waals surface area (Å²) in [4.78, 5) is 25.8. The molecular weight excluding hydrogens is 755 g/mol. The van der Waals surface area contributed by atoms with Crippen LogP contribution in [0.5, 0.6) is 11.5 Å². The van der Waals surface area contributed by atoms with Crippen LogP contribution in [0.15, 0.2) is 30.3 Å². The zero-order valence-electron chi connectivity index (χ0n) is 36.1. The van der Waals surface area contributed by atoms with Gasteiger partial charge in [0.05, 0.1) is 38.5 Å². The highest BCUT2D eigenvalue weighted by molar-refractivity contribution is 6.33. The summed E-state index contributed by atoms with van der Waals surface area (Å²) in [6.45, 7) is 12.7. The highest BCUT2D eigenvalue weighted by Gasteiger charge is 2.60. The van der Waals surface area contributed by atoms with E-state index < -0.39 is 11.9 Å². The standard InChI is InChI=1S/C49H68Cl2O6/c1-29(2)12-10-13-30(3)39-18-19-40-36-17-16-34-24-31(20-22-48(34,4)41(36)21-23-49(39,40)5)14-11-15-35(32-25-37(46(52)56-8)44(54-6)42(50)27-32)33-26-38(47(53)57-9)45(55-7)43(51)28-33/h15,25-31,34,36,39-41H,10-14,16-24H2,1-9H3/t30-,31?,34?,36+,39-,40+,41+,48+,49-/m1/s1. The lowest BCUT2D eigenvalue weighted by Crippen LogP contribution is -2.53. The highest BCUT2D eigenvalue weighted by atomic mass is 35.5. The molecule has 2 aromatic carbocycles. The van der Waals surface area contributed by atoms with Gasteiger partial charge in [-0.25, -0.2) is 9.59 Å². The third-order valence-corrected chi connectivity index (χ3v) is 16.4. The molecule has 57 heavy (non-hydrogen) atoms. The lowest BCUT2D eigenvalue weighted by molar-refractivity contribution is -0.121. The molecule has 4 aliphatic carbocycles. The van der Waals surface area contributed by atoms with Crippen LogP contribution in [0.3, 0.4) is 0 Å². The predicted molar refractivity (Wildman–Crippen MR) is 232 cm³/mol. The van der Waals surface area contributed by atoms with Crippen LogP contribution in [0.25, 0.3) is 5.57 Å². The summed E-state index contributed by atoms with van der Waals surface area (Å²) in [6, 6.07) is 7.04. The van der Waals surface area contributed by atoms with Crippen LogP contribution in [-0.2, 0) is 9.47 Å². The van der Waals surface area contributed by atoms with Crippen molar-refractivity contribution >= 4 is 40.7 Å². The van der Waals surface area contributed by atoms with Crippen LogP contribution in [0, 0.1) is 58.2 Å². The lowest BCUT2D eigenvalue weighted by atomic mass is 9.44. The minimum Gasteiger partial charge on any atom is -0.494 e. The molecule has 2 aromatic rings.